The van der Waals surface area contributed by atoms with Crippen molar-refractivity contribution < 1.29 is 87.2 Å². The van der Waals surface area contributed by atoms with Crippen LogP contribution < -0.4 is 0 Å². The molecule has 0 radical (unpaired) electrons. The molecular weight excluding hydrogens is 558 g/mol. The molecule has 0 atom stereocenters. The molecule has 0 N–H and O–H groups in total. The molecule has 0 unspecified atom stereocenters. The first kappa shape index (κ1) is 34.9. The third-order valence-electron chi connectivity index (χ3n) is 3.38. The van der Waals surface area contributed by atoms with Crippen molar-refractivity contribution in [3.05, 3.63) is 0 Å². The van der Waals surface area contributed by atoms with Gasteiger partial charge in [0.15, 0.2) is 0 Å². The Labute approximate surface area is 194 Å². The molecule has 3 nitrogen and oxygen atoms in total. The zero-order valence-corrected chi connectivity index (χ0v) is 15.3. The van der Waals surface area contributed by atoms with Crippen LogP contribution in [0, 0.1) is 0 Å². The number of alkyl halides is 17. The van der Waals surface area contributed by atoms with E-state index in [1.54, 1.807) is 0 Å². The Morgan fingerprint density at radius 1 is 0.545 bits per heavy atom. The fourth-order valence-electron chi connectivity index (χ4n) is 1.65. The molecule has 0 aromatic heterocycles. The van der Waals surface area contributed by atoms with E-state index >= 15 is 0 Å². The van der Waals surface area contributed by atoms with Gasteiger partial charge in [-0.05, 0) is 6.42 Å². The first-order chi connectivity index (χ1) is 13.5. The van der Waals surface area contributed by atoms with Gasteiger partial charge in [0.05, 0.1) is 5.75 Å². The van der Waals surface area contributed by atoms with Crippen molar-refractivity contribution in [1.82, 2.24) is 0 Å². The number of rotatable bonds is 10. The zero-order chi connectivity index (χ0) is 26.6. The number of hydrogen-bond acceptors (Lipinski definition) is 3. The molecular formula is C11H8F17NaO3S. The molecule has 0 fully saturated rings. The molecule has 0 rings (SSSR count). The molecule has 0 aliphatic heterocycles. The molecule has 0 bridgehead atoms. The van der Waals surface area contributed by atoms with Crippen LogP contribution in [0.1, 0.15) is 13.3 Å². The molecule has 0 aliphatic rings. The summed E-state index contributed by atoms with van der Waals surface area (Å²) in [4.78, 5) is 0. The van der Waals surface area contributed by atoms with Gasteiger partial charge >= 0.3 is 77.4 Å². The van der Waals surface area contributed by atoms with Crippen LogP contribution >= 0.6 is 0 Å². The van der Waals surface area contributed by atoms with E-state index in [1.807, 2.05) is 0 Å². The standard InChI is InChI=1S/C11H7F17O3S.Na.H/c1-2-3-32(29,30)31-11(27,28)9(22,23)7(18,19)5(14,15)4(12,13)6(16,17)8(20,21)10(24,25)26;;/h2-3H2,1H3;;. The van der Waals surface area contributed by atoms with Gasteiger partial charge in [-0.2, -0.15) is 87.2 Å². The van der Waals surface area contributed by atoms with Gasteiger partial charge in [0, 0.05) is 0 Å². The van der Waals surface area contributed by atoms with Crippen LogP contribution in [0.15, 0.2) is 0 Å². The molecule has 0 aromatic rings. The summed E-state index contributed by atoms with van der Waals surface area (Å²) < 4.78 is 244. The summed E-state index contributed by atoms with van der Waals surface area (Å²) in [5.41, 5.74) is 0. The minimum absolute atomic E-state index is 0. The van der Waals surface area contributed by atoms with Gasteiger partial charge in [-0.25, -0.2) is 0 Å². The molecule has 0 aromatic carbocycles. The van der Waals surface area contributed by atoms with E-state index in [0.29, 0.717) is 0 Å². The van der Waals surface area contributed by atoms with Crippen molar-refractivity contribution in [1.29, 1.82) is 0 Å². The van der Waals surface area contributed by atoms with E-state index in [4.69, 9.17) is 0 Å². The van der Waals surface area contributed by atoms with Gasteiger partial charge in [-0.1, -0.05) is 6.92 Å². The second kappa shape index (κ2) is 9.30. The maximum atomic E-state index is 13.4. The topological polar surface area (TPSA) is 43.4 Å². The molecule has 0 aliphatic carbocycles. The van der Waals surface area contributed by atoms with Crippen LogP contribution in [-0.4, -0.2) is 91.5 Å². The summed E-state index contributed by atoms with van der Waals surface area (Å²) >= 11 is 0. The normalized spacial score (nSPS) is 15.9. The summed E-state index contributed by atoms with van der Waals surface area (Å²) in [5, 5.41) is 0. The SMILES string of the molecule is CCCS(=O)(=O)OC(F)(F)C(F)(F)C(F)(F)C(F)(F)C(F)(F)C(F)(F)C(F)(F)C(F)(F)F.[NaH]. The van der Waals surface area contributed by atoms with Gasteiger partial charge < -0.3 is 0 Å². The van der Waals surface area contributed by atoms with Crippen molar-refractivity contribution >= 4 is 39.7 Å². The van der Waals surface area contributed by atoms with Crippen LogP contribution in [0.3, 0.4) is 0 Å². The number of hydrogen-bond donors (Lipinski definition) is 0. The van der Waals surface area contributed by atoms with Crippen molar-refractivity contribution in [3.8, 4) is 0 Å². The summed E-state index contributed by atoms with van der Waals surface area (Å²) in [7, 11) is -6.00. The Kier molecular flexibility index (Phi) is 9.84. The summed E-state index contributed by atoms with van der Waals surface area (Å²) in [6.07, 6.45) is -16.0. The summed E-state index contributed by atoms with van der Waals surface area (Å²) in [6.45, 7) is 0.823. The third kappa shape index (κ3) is 5.30. The molecule has 33 heavy (non-hydrogen) atoms. The average Bonchev–Trinajstić information content (AvgIpc) is 2.51. The fraction of sp³-hybridized carbons (Fsp3) is 1.00. The van der Waals surface area contributed by atoms with E-state index in [0.717, 1.165) is 6.92 Å². The predicted octanol–water partition coefficient (Wildman–Crippen LogP) is 5.06. The first-order valence-electron chi connectivity index (χ1n) is 7.16. The molecule has 0 spiro atoms. The van der Waals surface area contributed by atoms with Gasteiger partial charge in [0.1, 0.15) is 0 Å². The summed E-state index contributed by atoms with van der Waals surface area (Å²) in [5.74, 6) is -53.0. The number of halogens is 17. The second-order valence-electron chi connectivity index (χ2n) is 5.81. The van der Waals surface area contributed by atoms with Crippen LogP contribution in [0.5, 0.6) is 0 Å². The average molecular weight is 566 g/mol. The quantitative estimate of drug-likeness (QED) is 0.211. The van der Waals surface area contributed by atoms with E-state index in [1.165, 1.54) is 0 Å². The van der Waals surface area contributed by atoms with Crippen molar-refractivity contribution in [2.45, 2.75) is 61.2 Å². The maximum absolute atomic E-state index is 13.4. The predicted molar refractivity (Wildman–Crippen MR) is 73.0 cm³/mol. The van der Waals surface area contributed by atoms with Crippen LogP contribution in [0.2, 0.25) is 0 Å². The Morgan fingerprint density at radius 3 is 1.09 bits per heavy atom. The van der Waals surface area contributed by atoms with Gasteiger partial charge in [0.2, 0.25) is 0 Å². The Hall–Kier alpha value is -0.280. The Balaban J connectivity index is 0. The van der Waals surface area contributed by atoms with Gasteiger partial charge in [-0.15, -0.1) is 0 Å². The van der Waals surface area contributed by atoms with E-state index in [-0.39, 0.29) is 29.6 Å². The molecule has 22 heteroatoms. The summed E-state index contributed by atoms with van der Waals surface area (Å²) in [6, 6.07) is 0. The Morgan fingerprint density at radius 2 is 0.818 bits per heavy atom. The molecule has 0 heterocycles. The van der Waals surface area contributed by atoms with E-state index in [2.05, 4.69) is 4.18 Å². The van der Waals surface area contributed by atoms with Crippen molar-refractivity contribution in [2.75, 3.05) is 5.75 Å². The fourth-order valence-corrected chi connectivity index (χ4v) is 2.66. The first-order valence-corrected chi connectivity index (χ1v) is 8.74. The molecule has 0 saturated carbocycles. The van der Waals surface area contributed by atoms with Crippen LogP contribution in [0.25, 0.3) is 0 Å². The van der Waals surface area contributed by atoms with Crippen LogP contribution in [0.4, 0.5) is 74.6 Å². The van der Waals surface area contributed by atoms with E-state index in [9.17, 15) is 83.1 Å². The molecule has 196 valence electrons. The molecule has 0 amide bonds. The van der Waals surface area contributed by atoms with Crippen molar-refractivity contribution in [3.63, 3.8) is 0 Å². The minimum atomic E-state index is -8.79. The van der Waals surface area contributed by atoms with Gasteiger partial charge in [-0.3, -0.25) is 0 Å². The second-order valence-corrected chi connectivity index (χ2v) is 7.50. The third-order valence-corrected chi connectivity index (χ3v) is 4.75. The van der Waals surface area contributed by atoms with Crippen molar-refractivity contribution in [2.24, 2.45) is 0 Å². The van der Waals surface area contributed by atoms with E-state index < -0.39 is 70.1 Å². The van der Waals surface area contributed by atoms with Crippen LogP contribution in [-0.2, 0) is 14.3 Å². The Bertz CT molecular complexity index is 789. The zero-order valence-electron chi connectivity index (χ0n) is 14.5. The van der Waals surface area contributed by atoms with Gasteiger partial charge in [0.25, 0.3) is 10.1 Å². The monoisotopic (exact) mass is 566 g/mol. The molecule has 0 saturated heterocycles.